The molecule has 2 rings (SSSR count). The smallest absolute Gasteiger partial charge is 0.327 e. The van der Waals surface area contributed by atoms with Crippen molar-refractivity contribution in [1.29, 1.82) is 0 Å². The Hall–Kier alpha value is -2.74. The molecule has 140 valence electrons. The monoisotopic (exact) mass is 379 g/mol. The summed E-state index contributed by atoms with van der Waals surface area (Å²) in [6.07, 6.45) is 0. The molecule has 1 N–H and O–H groups in total. The Kier molecular flexibility index (Phi) is 5.76. The van der Waals surface area contributed by atoms with Crippen molar-refractivity contribution in [2.75, 3.05) is 18.5 Å². The summed E-state index contributed by atoms with van der Waals surface area (Å²) in [7, 11) is -1.29. The van der Waals surface area contributed by atoms with Crippen molar-refractivity contribution >= 4 is 21.7 Å². The molecular formula is C18H21NO6S. The Morgan fingerprint density at radius 2 is 1.69 bits per heavy atom. The minimum absolute atomic E-state index is 0.00549. The lowest BCUT2D eigenvalue weighted by Gasteiger charge is -2.29. The molecule has 26 heavy (non-hydrogen) atoms. The van der Waals surface area contributed by atoms with Gasteiger partial charge in [-0.05, 0) is 38.1 Å². The lowest BCUT2D eigenvalue weighted by atomic mass is 10.2. The maximum Gasteiger partial charge on any atom is 0.327 e. The van der Waals surface area contributed by atoms with Gasteiger partial charge in [-0.3, -0.25) is 0 Å². The zero-order valence-corrected chi connectivity index (χ0v) is 15.8. The fourth-order valence-corrected chi connectivity index (χ4v) is 4.06. The van der Waals surface area contributed by atoms with Crippen LogP contribution in [0.4, 0.5) is 5.69 Å². The highest BCUT2D eigenvalue weighted by Gasteiger charge is 2.35. The summed E-state index contributed by atoms with van der Waals surface area (Å²) in [5.74, 6) is -0.632. The van der Waals surface area contributed by atoms with Crippen LogP contribution in [-0.2, 0) is 14.8 Å². The number of carbonyl (C=O) groups is 1. The first-order valence-electron chi connectivity index (χ1n) is 7.78. The summed E-state index contributed by atoms with van der Waals surface area (Å²) in [6, 6.07) is 9.37. The molecule has 0 aliphatic carbocycles. The van der Waals surface area contributed by atoms with E-state index in [2.05, 4.69) is 0 Å². The van der Waals surface area contributed by atoms with Gasteiger partial charge < -0.3 is 14.6 Å². The normalized spacial score (nSPS) is 12.3. The number of carboxylic acid groups (broad SMARTS) is 1. The van der Waals surface area contributed by atoms with Crippen LogP contribution in [0.5, 0.6) is 11.5 Å². The van der Waals surface area contributed by atoms with Crippen molar-refractivity contribution in [3.63, 3.8) is 0 Å². The second-order valence-corrected chi connectivity index (χ2v) is 7.48. The van der Waals surface area contributed by atoms with Crippen molar-refractivity contribution in [3.05, 3.63) is 48.0 Å². The Morgan fingerprint density at radius 1 is 1.08 bits per heavy atom. The third-order valence-corrected chi connectivity index (χ3v) is 5.81. The third-order valence-electron chi connectivity index (χ3n) is 3.91. The fraction of sp³-hybridized carbons (Fsp3) is 0.278. The standard InChI is InChI=1S/C18H21NO6S/c1-12-5-8-15(9-6-12)26(22,23)19(13(2)18(20)21)16-10-7-14(24-3)11-17(16)25-4/h5-11,13H,1-4H3,(H,20,21). The van der Waals surface area contributed by atoms with E-state index in [4.69, 9.17) is 9.47 Å². The molecule has 1 unspecified atom stereocenters. The number of rotatable bonds is 7. The van der Waals surface area contributed by atoms with Crippen LogP contribution in [0.1, 0.15) is 12.5 Å². The summed E-state index contributed by atoms with van der Waals surface area (Å²) in [4.78, 5) is 11.6. The number of sulfonamides is 1. The Morgan fingerprint density at radius 3 is 2.19 bits per heavy atom. The molecule has 2 aromatic carbocycles. The molecule has 0 aliphatic rings. The maximum absolute atomic E-state index is 13.2. The number of anilines is 1. The first-order valence-corrected chi connectivity index (χ1v) is 9.22. The Bertz CT molecular complexity index is 892. The first kappa shape index (κ1) is 19.6. The van der Waals surface area contributed by atoms with Crippen molar-refractivity contribution < 1.29 is 27.8 Å². The van der Waals surface area contributed by atoms with E-state index >= 15 is 0 Å². The van der Waals surface area contributed by atoms with E-state index in [1.165, 1.54) is 45.4 Å². The fourth-order valence-electron chi connectivity index (χ4n) is 2.44. The number of aryl methyl sites for hydroxylation is 1. The van der Waals surface area contributed by atoms with E-state index in [-0.39, 0.29) is 16.3 Å². The molecule has 0 fully saturated rings. The maximum atomic E-state index is 13.2. The largest absolute Gasteiger partial charge is 0.497 e. The average molecular weight is 379 g/mol. The molecule has 2 aromatic rings. The third kappa shape index (κ3) is 3.75. The van der Waals surface area contributed by atoms with E-state index < -0.39 is 22.0 Å². The zero-order chi connectivity index (χ0) is 19.5. The van der Waals surface area contributed by atoms with Crippen molar-refractivity contribution in [2.45, 2.75) is 24.8 Å². The lowest BCUT2D eigenvalue weighted by Crippen LogP contribution is -2.43. The molecule has 7 nitrogen and oxygen atoms in total. The van der Waals surface area contributed by atoms with Crippen LogP contribution in [0.25, 0.3) is 0 Å². The molecule has 0 radical (unpaired) electrons. The summed E-state index contributed by atoms with van der Waals surface area (Å²) >= 11 is 0. The van der Waals surface area contributed by atoms with Gasteiger partial charge in [0.15, 0.2) is 0 Å². The van der Waals surface area contributed by atoms with Crippen LogP contribution in [0.2, 0.25) is 0 Å². The summed E-state index contributed by atoms with van der Waals surface area (Å²) < 4.78 is 37.6. The van der Waals surface area contributed by atoms with Crippen molar-refractivity contribution in [3.8, 4) is 11.5 Å². The van der Waals surface area contributed by atoms with Gasteiger partial charge in [-0.1, -0.05) is 17.7 Å². The molecule has 0 amide bonds. The molecule has 0 heterocycles. The van der Waals surface area contributed by atoms with Gasteiger partial charge >= 0.3 is 5.97 Å². The zero-order valence-electron chi connectivity index (χ0n) is 15.0. The molecule has 8 heteroatoms. The number of ether oxygens (including phenoxy) is 2. The van der Waals surface area contributed by atoms with Crippen LogP contribution in [0, 0.1) is 6.92 Å². The highest BCUT2D eigenvalue weighted by molar-refractivity contribution is 7.93. The van der Waals surface area contributed by atoms with Gasteiger partial charge in [-0.2, -0.15) is 0 Å². The van der Waals surface area contributed by atoms with Crippen LogP contribution in [0.15, 0.2) is 47.4 Å². The van der Waals surface area contributed by atoms with E-state index in [0.29, 0.717) is 5.75 Å². The number of hydrogen-bond donors (Lipinski definition) is 1. The van der Waals surface area contributed by atoms with Crippen LogP contribution in [-0.4, -0.2) is 39.8 Å². The van der Waals surface area contributed by atoms with Gasteiger partial charge in [0.1, 0.15) is 17.5 Å². The summed E-state index contributed by atoms with van der Waals surface area (Å²) in [6.45, 7) is 3.14. The highest BCUT2D eigenvalue weighted by atomic mass is 32.2. The number of nitrogens with zero attached hydrogens (tertiary/aromatic N) is 1. The van der Waals surface area contributed by atoms with Crippen molar-refractivity contribution in [1.82, 2.24) is 0 Å². The van der Waals surface area contributed by atoms with Gasteiger partial charge in [0, 0.05) is 6.07 Å². The number of benzene rings is 2. The van der Waals surface area contributed by atoms with Gasteiger partial charge in [0.25, 0.3) is 10.0 Å². The van der Waals surface area contributed by atoms with Gasteiger partial charge in [-0.25, -0.2) is 17.5 Å². The molecule has 0 aromatic heterocycles. The minimum Gasteiger partial charge on any atom is -0.497 e. The predicted molar refractivity (Wildman–Crippen MR) is 97.5 cm³/mol. The molecule has 0 saturated heterocycles. The number of hydrogen-bond acceptors (Lipinski definition) is 5. The summed E-state index contributed by atoms with van der Waals surface area (Å²) in [5, 5.41) is 9.46. The number of carboxylic acids is 1. The first-order chi connectivity index (χ1) is 12.2. The van der Waals surface area contributed by atoms with E-state index in [0.717, 1.165) is 9.87 Å². The molecule has 0 spiro atoms. The Balaban J connectivity index is 2.68. The van der Waals surface area contributed by atoms with Crippen LogP contribution < -0.4 is 13.8 Å². The average Bonchev–Trinajstić information content (AvgIpc) is 2.62. The molecule has 0 saturated carbocycles. The van der Waals surface area contributed by atoms with E-state index in [9.17, 15) is 18.3 Å². The van der Waals surface area contributed by atoms with Gasteiger partial charge in [-0.15, -0.1) is 0 Å². The number of methoxy groups -OCH3 is 2. The van der Waals surface area contributed by atoms with Gasteiger partial charge in [0.2, 0.25) is 0 Å². The second-order valence-electron chi connectivity index (χ2n) is 5.67. The molecular weight excluding hydrogens is 358 g/mol. The second kappa shape index (κ2) is 7.65. The number of aliphatic carboxylic acids is 1. The lowest BCUT2D eigenvalue weighted by molar-refractivity contribution is -0.137. The van der Waals surface area contributed by atoms with Crippen molar-refractivity contribution in [2.24, 2.45) is 0 Å². The quantitative estimate of drug-likeness (QED) is 0.795. The van der Waals surface area contributed by atoms with Gasteiger partial charge in [0.05, 0.1) is 24.8 Å². The molecule has 1 atom stereocenters. The predicted octanol–water partition coefficient (Wildman–Crippen LogP) is 2.68. The summed E-state index contributed by atoms with van der Waals surface area (Å²) in [5.41, 5.74) is 1.01. The molecule has 0 bridgehead atoms. The topological polar surface area (TPSA) is 93.1 Å². The minimum atomic E-state index is -4.14. The SMILES string of the molecule is COc1ccc(N(C(C)C(=O)O)S(=O)(=O)c2ccc(C)cc2)c(OC)c1. The highest BCUT2D eigenvalue weighted by Crippen LogP contribution is 2.36. The molecule has 0 aliphatic heterocycles. The van der Waals surface area contributed by atoms with Crippen LogP contribution in [0.3, 0.4) is 0 Å². The van der Waals surface area contributed by atoms with E-state index in [1.54, 1.807) is 18.2 Å². The van der Waals surface area contributed by atoms with Crippen LogP contribution >= 0.6 is 0 Å². The van der Waals surface area contributed by atoms with E-state index in [1.807, 2.05) is 6.92 Å². The Labute approximate surface area is 152 Å².